The van der Waals surface area contributed by atoms with E-state index < -0.39 is 29.4 Å². The third kappa shape index (κ3) is 5.57. The highest BCUT2D eigenvalue weighted by molar-refractivity contribution is 6.13. The van der Waals surface area contributed by atoms with Crippen LogP contribution in [-0.4, -0.2) is 34.5 Å². The highest BCUT2D eigenvalue weighted by atomic mass is 16.6. The molecule has 24 heavy (non-hydrogen) atoms. The third-order valence-electron chi connectivity index (χ3n) is 2.53. The molecule has 0 heterocycles. The number of anilines is 1. The molecule has 0 saturated heterocycles. The number of carbonyl (C=O) groups excluding carboxylic acids is 2. The highest BCUT2D eigenvalue weighted by Crippen LogP contribution is 2.25. The first-order valence-electron chi connectivity index (χ1n) is 7.40. The second-order valence-corrected chi connectivity index (χ2v) is 7.12. The lowest BCUT2D eigenvalue weighted by atomic mass is 10.1. The van der Waals surface area contributed by atoms with Crippen LogP contribution < -0.4 is 4.90 Å². The van der Waals surface area contributed by atoms with Crippen molar-refractivity contribution in [1.29, 1.82) is 0 Å². The van der Waals surface area contributed by atoms with E-state index in [4.69, 9.17) is 9.47 Å². The fraction of sp³-hybridized carbons (Fsp3) is 0.471. The second kappa shape index (κ2) is 6.90. The molecule has 1 aromatic carbocycles. The van der Waals surface area contributed by atoms with E-state index in [2.05, 4.69) is 0 Å². The first-order valence-corrected chi connectivity index (χ1v) is 7.40. The minimum Gasteiger partial charge on any atom is -0.478 e. The van der Waals surface area contributed by atoms with Crippen LogP contribution in [0.4, 0.5) is 15.3 Å². The number of carboxylic acids is 1. The summed E-state index contributed by atoms with van der Waals surface area (Å²) < 4.78 is 10.4. The monoisotopic (exact) mass is 337 g/mol. The van der Waals surface area contributed by atoms with Crippen molar-refractivity contribution >= 4 is 23.8 Å². The molecule has 0 atom stereocenters. The molecule has 1 aromatic rings. The van der Waals surface area contributed by atoms with Gasteiger partial charge in [-0.2, -0.15) is 4.90 Å². The van der Waals surface area contributed by atoms with Gasteiger partial charge in [0.05, 0.1) is 11.3 Å². The van der Waals surface area contributed by atoms with Gasteiger partial charge >= 0.3 is 18.2 Å². The number of imide groups is 1. The Morgan fingerprint density at radius 2 is 1.29 bits per heavy atom. The minimum atomic E-state index is -1.28. The molecule has 0 unspecified atom stereocenters. The molecule has 0 aliphatic heterocycles. The maximum absolute atomic E-state index is 12.5. The van der Waals surface area contributed by atoms with E-state index in [1.165, 1.54) is 24.3 Å². The molecule has 0 saturated carbocycles. The molecule has 0 aliphatic rings. The molecule has 1 rings (SSSR count). The maximum atomic E-state index is 12.5. The second-order valence-electron chi connectivity index (χ2n) is 7.12. The Balaban J connectivity index is 3.36. The first-order chi connectivity index (χ1) is 10.8. The summed E-state index contributed by atoms with van der Waals surface area (Å²) in [4.78, 5) is 37.0. The molecule has 0 spiro atoms. The Labute approximate surface area is 141 Å². The molecule has 1 N–H and O–H groups in total. The summed E-state index contributed by atoms with van der Waals surface area (Å²) in [5.74, 6) is -1.28. The normalized spacial score (nSPS) is 11.6. The molecule has 7 nitrogen and oxygen atoms in total. The van der Waals surface area contributed by atoms with E-state index in [1.807, 2.05) is 0 Å². The van der Waals surface area contributed by atoms with Crippen molar-refractivity contribution in [2.75, 3.05) is 4.90 Å². The van der Waals surface area contributed by atoms with Gasteiger partial charge in [0.15, 0.2) is 0 Å². The lowest BCUT2D eigenvalue weighted by molar-refractivity contribution is 0.0430. The van der Waals surface area contributed by atoms with Gasteiger partial charge in [-0.15, -0.1) is 0 Å². The summed E-state index contributed by atoms with van der Waals surface area (Å²) in [6.07, 6.45) is -2.02. The van der Waals surface area contributed by atoms with Crippen molar-refractivity contribution in [1.82, 2.24) is 0 Å². The molecule has 132 valence electrons. The number of ether oxygens (including phenoxy) is 2. The van der Waals surface area contributed by atoms with Gasteiger partial charge in [-0.3, -0.25) is 0 Å². The molecule has 0 fully saturated rings. The predicted molar refractivity (Wildman–Crippen MR) is 88.3 cm³/mol. The number of para-hydroxylation sites is 1. The van der Waals surface area contributed by atoms with Crippen LogP contribution >= 0.6 is 0 Å². The zero-order valence-electron chi connectivity index (χ0n) is 14.7. The molecule has 0 aliphatic carbocycles. The Morgan fingerprint density at radius 1 is 0.875 bits per heavy atom. The summed E-state index contributed by atoms with van der Waals surface area (Å²) >= 11 is 0. The van der Waals surface area contributed by atoms with Crippen LogP contribution in [-0.2, 0) is 9.47 Å². The number of hydrogen-bond acceptors (Lipinski definition) is 5. The Bertz CT molecular complexity index is 611. The van der Waals surface area contributed by atoms with Crippen LogP contribution in [0.15, 0.2) is 24.3 Å². The minimum absolute atomic E-state index is 0.117. The van der Waals surface area contributed by atoms with Crippen LogP contribution in [0.3, 0.4) is 0 Å². The largest absolute Gasteiger partial charge is 0.478 e. The summed E-state index contributed by atoms with van der Waals surface area (Å²) in [5, 5.41) is 9.31. The summed E-state index contributed by atoms with van der Waals surface area (Å²) in [6, 6.07) is 5.65. The Hall–Kier alpha value is -2.57. The van der Waals surface area contributed by atoms with Crippen LogP contribution in [0, 0.1) is 0 Å². The van der Waals surface area contributed by atoms with Crippen molar-refractivity contribution in [2.45, 2.75) is 52.7 Å². The summed E-state index contributed by atoms with van der Waals surface area (Å²) in [5.41, 5.74) is -2.06. The Morgan fingerprint density at radius 3 is 1.67 bits per heavy atom. The highest BCUT2D eigenvalue weighted by Gasteiger charge is 2.34. The van der Waals surface area contributed by atoms with Crippen molar-refractivity contribution < 1.29 is 29.0 Å². The average Bonchev–Trinajstić information content (AvgIpc) is 2.34. The summed E-state index contributed by atoms with van der Waals surface area (Å²) in [6.45, 7) is 9.84. The van der Waals surface area contributed by atoms with E-state index in [9.17, 15) is 19.5 Å². The van der Waals surface area contributed by atoms with Gasteiger partial charge in [0, 0.05) is 0 Å². The van der Waals surface area contributed by atoms with E-state index in [-0.39, 0.29) is 11.3 Å². The summed E-state index contributed by atoms with van der Waals surface area (Å²) in [7, 11) is 0. The number of benzene rings is 1. The van der Waals surface area contributed by atoms with Crippen molar-refractivity contribution in [2.24, 2.45) is 0 Å². The zero-order chi connectivity index (χ0) is 18.7. The van der Waals surface area contributed by atoms with Crippen LogP contribution in [0.2, 0.25) is 0 Å². The number of carbonyl (C=O) groups is 3. The lowest BCUT2D eigenvalue weighted by Crippen LogP contribution is -2.44. The molecule has 2 amide bonds. The van der Waals surface area contributed by atoms with E-state index in [0.717, 1.165) is 0 Å². The van der Waals surface area contributed by atoms with Gasteiger partial charge in [-0.25, -0.2) is 14.4 Å². The molecule has 7 heteroatoms. The average molecular weight is 337 g/mol. The maximum Gasteiger partial charge on any atom is 0.424 e. The number of rotatable bonds is 2. The van der Waals surface area contributed by atoms with Crippen LogP contribution in [0.5, 0.6) is 0 Å². The number of aromatic carboxylic acids is 1. The first kappa shape index (κ1) is 19.5. The number of nitrogens with zero attached hydrogens (tertiary/aromatic N) is 1. The molecule has 0 radical (unpaired) electrons. The number of carboxylic acid groups (broad SMARTS) is 1. The molecule has 0 aromatic heterocycles. The van der Waals surface area contributed by atoms with Gasteiger partial charge in [0.25, 0.3) is 0 Å². The van der Waals surface area contributed by atoms with Gasteiger partial charge in [0.2, 0.25) is 0 Å². The smallest absolute Gasteiger partial charge is 0.424 e. The topological polar surface area (TPSA) is 93.1 Å². The molecular weight excluding hydrogens is 314 g/mol. The third-order valence-corrected chi connectivity index (χ3v) is 2.53. The lowest BCUT2D eigenvalue weighted by Gasteiger charge is -2.29. The van der Waals surface area contributed by atoms with Crippen LogP contribution in [0.25, 0.3) is 0 Å². The van der Waals surface area contributed by atoms with E-state index >= 15 is 0 Å². The standard InChI is InChI=1S/C17H23NO6/c1-16(2,3)23-14(21)18(15(22)24-17(4,5)6)12-10-8-7-9-11(12)13(19)20/h7-10H,1-6H3,(H,19,20). The molecular formula is C17H23NO6. The number of amides is 2. The van der Waals surface area contributed by atoms with Gasteiger partial charge in [-0.05, 0) is 53.7 Å². The number of hydrogen-bond donors (Lipinski definition) is 1. The van der Waals surface area contributed by atoms with Crippen molar-refractivity contribution in [3.8, 4) is 0 Å². The SMILES string of the molecule is CC(C)(C)OC(=O)N(C(=O)OC(C)(C)C)c1ccccc1C(=O)O. The molecule has 0 bridgehead atoms. The fourth-order valence-electron chi connectivity index (χ4n) is 1.74. The van der Waals surface area contributed by atoms with Crippen LogP contribution in [0.1, 0.15) is 51.9 Å². The van der Waals surface area contributed by atoms with Crippen molar-refractivity contribution in [3.63, 3.8) is 0 Å². The van der Waals surface area contributed by atoms with Gasteiger partial charge in [-0.1, -0.05) is 12.1 Å². The van der Waals surface area contributed by atoms with Gasteiger partial charge in [0.1, 0.15) is 11.2 Å². The fourth-order valence-corrected chi connectivity index (χ4v) is 1.74. The predicted octanol–water partition coefficient (Wildman–Crippen LogP) is 4.06. The van der Waals surface area contributed by atoms with E-state index in [0.29, 0.717) is 4.90 Å². The van der Waals surface area contributed by atoms with Crippen molar-refractivity contribution in [3.05, 3.63) is 29.8 Å². The zero-order valence-corrected chi connectivity index (χ0v) is 14.7. The Kier molecular flexibility index (Phi) is 5.60. The quantitative estimate of drug-likeness (QED) is 0.874. The van der Waals surface area contributed by atoms with E-state index in [1.54, 1.807) is 41.5 Å². The van der Waals surface area contributed by atoms with Gasteiger partial charge < -0.3 is 14.6 Å².